The summed E-state index contributed by atoms with van der Waals surface area (Å²) in [5, 5.41) is 0. The number of rotatable bonds is 3. The van der Waals surface area contributed by atoms with Crippen LogP contribution in [0, 0.1) is 23.2 Å². The van der Waals surface area contributed by atoms with E-state index in [4.69, 9.17) is 0 Å². The SMILES string of the molecule is O=C(c1ccccc1)[C@H]1[C@H](C2CCCCC2)C12C(=O)c1ccccc1C2=O. The van der Waals surface area contributed by atoms with Gasteiger partial charge in [-0.25, -0.2) is 0 Å². The average molecular weight is 358 g/mol. The van der Waals surface area contributed by atoms with Crippen LogP contribution in [0.3, 0.4) is 0 Å². The monoisotopic (exact) mass is 358 g/mol. The minimum atomic E-state index is -1.14. The summed E-state index contributed by atoms with van der Waals surface area (Å²) in [4.78, 5) is 40.2. The molecule has 2 aromatic rings. The molecule has 0 heterocycles. The van der Waals surface area contributed by atoms with Crippen LogP contribution < -0.4 is 0 Å². The van der Waals surface area contributed by atoms with Crippen molar-refractivity contribution >= 4 is 17.3 Å². The first kappa shape index (κ1) is 16.6. The van der Waals surface area contributed by atoms with Crippen molar-refractivity contribution in [2.45, 2.75) is 32.1 Å². The Morgan fingerprint density at radius 1 is 0.778 bits per heavy atom. The maximum atomic E-state index is 13.4. The van der Waals surface area contributed by atoms with Gasteiger partial charge in [0, 0.05) is 22.6 Å². The van der Waals surface area contributed by atoms with Crippen molar-refractivity contribution in [2.24, 2.45) is 23.2 Å². The molecule has 5 rings (SSSR count). The largest absolute Gasteiger partial charge is 0.294 e. The summed E-state index contributed by atoms with van der Waals surface area (Å²) in [6.07, 6.45) is 5.48. The first-order valence-electron chi connectivity index (χ1n) is 9.95. The van der Waals surface area contributed by atoms with E-state index < -0.39 is 11.3 Å². The van der Waals surface area contributed by atoms with E-state index in [1.807, 2.05) is 18.2 Å². The van der Waals surface area contributed by atoms with Crippen LogP contribution in [-0.4, -0.2) is 17.3 Å². The number of carbonyl (C=O) groups is 3. The second kappa shape index (κ2) is 5.98. The van der Waals surface area contributed by atoms with Gasteiger partial charge in [-0.15, -0.1) is 0 Å². The molecule has 2 atom stereocenters. The average Bonchev–Trinajstić information content (AvgIpc) is 3.39. The molecule has 0 aromatic heterocycles. The zero-order valence-electron chi connectivity index (χ0n) is 15.2. The highest BCUT2D eigenvalue weighted by molar-refractivity contribution is 6.34. The van der Waals surface area contributed by atoms with Crippen molar-refractivity contribution in [3.8, 4) is 0 Å². The lowest BCUT2D eigenvalue weighted by Gasteiger charge is -2.22. The minimum absolute atomic E-state index is 0.0410. The third-order valence-corrected chi connectivity index (χ3v) is 6.93. The molecule has 0 N–H and O–H groups in total. The predicted molar refractivity (Wildman–Crippen MR) is 102 cm³/mol. The van der Waals surface area contributed by atoms with Crippen LogP contribution in [0.15, 0.2) is 54.6 Å². The molecule has 2 fully saturated rings. The third kappa shape index (κ3) is 2.17. The van der Waals surface area contributed by atoms with Gasteiger partial charge >= 0.3 is 0 Å². The van der Waals surface area contributed by atoms with E-state index in [0.29, 0.717) is 22.6 Å². The van der Waals surface area contributed by atoms with Crippen molar-refractivity contribution in [2.75, 3.05) is 0 Å². The Labute approximate surface area is 158 Å². The molecule has 2 aromatic carbocycles. The lowest BCUT2D eigenvalue weighted by molar-refractivity contribution is 0.0752. The van der Waals surface area contributed by atoms with Crippen molar-refractivity contribution in [1.82, 2.24) is 0 Å². The molecule has 0 amide bonds. The van der Waals surface area contributed by atoms with Gasteiger partial charge in [0.25, 0.3) is 0 Å². The van der Waals surface area contributed by atoms with Gasteiger partial charge in [0.2, 0.25) is 0 Å². The zero-order valence-corrected chi connectivity index (χ0v) is 15.2. The molecule has 3 aliphatic carbocycles. The standard InChI is InChI=1S/C24H22O3/c25-21(16-11-5-2-6-12-16)20-19(15-9-3-1-4-10-15)24(20)22(26)17-13-7-8-14-18(17)23(24)27/h2,5-8,11-15,19-20H,1,3-4,9-10H2/t19-,20+/m0/s1. The second-order valence-corrected chi connectivity index (χ2v) is 8.20. The van der Waals surface area contributed by atoms with E-state index in [0.717, 1.165) is 25.7 Å². The summed E-state index contributed by atoms with van der Waals surface area (Å²) in [5.41, 5.74) is 0.480. The van der Waals surface area contributed by atoms with Gasteiger partial charge < -0.3 is 0 Å². The Bertz CT molecular complexity index is 902. The summed E-state index contributed by atoms with van der Waals surface area (Å²) in [7, 11) is 0. The van der Waals surface area contributed by atoms with Crippen LogP contribution in [0.5, 0.6) is 0 Å². The quantitative estimate of drug-likeness (QED) is 0.587. The summed E-state index contributed by atoms with van der Waals surface area (Å²) in [6, 6.07) is 16.2. The molecule has 3 heteroatoms. The lowest BCUT2D eigenvalue weighted by atomic mass is 9.81. The smallest absolute Gasteiger partial charge is 0.178 e. The van der Waals surface area contributed by atoms with Gasteiger partial charge in [-0.2, -0.15) is 0 Å². The highest BCUT2D eigenvalue weighted by Crippen LogP contribution is 2.70. The second-order valence-electron chi connectivity index (χ2n) is 8.20. The van der Waals surface area contributed by atoms with E-state index in [9.17, 15) is 14.4 Å². The Morgan fingerprint density at radius 3 is 1.93 bits per heavy atom. The number of fused-ring (bicyclic) bond motifs is 1. The van der Waals surface area contributed by atoms with Gasteiger partial charge in [0.05, 0.1) is 0 Å². The fraction of sp³-hybridized carbons (Fsp3) is 0.375. The predicted octanol–water partition coefficient (Wildman–Crippen LogP) is 4.76. The van der Waals surface area contributed by atoms with Crippen LogP contribution in [0.4, 0.5) is 0 Å². The van der Waals surface area contributed by atoms with Crippen LogP contribution >= 0.6 is 0 Å². The molecule has 1 spiro atoms. The Balaban J connectivity index is 1.60. The van der Waals surface area contributed by atoms with E-state index in [-0.39, 0.29) is 23.3 Å². The number of benzene rings is 2. The van der Waals surface area contributed by atoms with Crippen molar-refractivity contribution in [3.05, 3.63) is 71.3 Å². The maximum absolute atomic E-state index is 13.4. The Hall–Kier alpha value is -2.55. The zero-order chi connectivity index (χ0) is 18.6. The van der Waals surface area contributed by atoms with Crippen molar-refractivity contribution in [1.29, 1.82) is 0 Å². The van der Waals surface area contributed by atoms with E-state index in [1.54, 1.807) is 36.4 Å². The van der Waals surface area contributed by atoms with Gasteiger partial charge in [-0.1, -0.05) is 86.7 Å². The summed E-state index contributed by atoms with van der Waals surface area (Å²) in [6.45, 7) is 0. The summed E-state index contributed by atoms with van der Waals surface area (Å²) in [5.74, 6) is -0.631. The molecule has 0 bridgehead atoms. The molecule has 2 saturated carbocycles. The molecular formula is C24H22O3. The van der Waals surface area contributed by atoms with Gasteiger partial charge in [-0.3, -0.25) is 14.4 Å². The number of hydrogen-bond donors (Lipinski definition) is 0. The number of hydrogen-bond acceptors (Lipinski definition) is 3. The summed E-state index contributed by atoms with van der Waals surface area (Å²) < 4.78 is 0. The van der Waals surface area contributed by atoms with Crippen LogP contribution in [0.25, 0.3) is 0 Å². The fourth-order valence-electron chi connectivity index (χ4n) is 5.72. The van der Waals surface area contributed by atoms with Crippen molar-refractivity contribution < 1.29 is 14.4 Å². The maximum Gasteiger partial charge on any atom is 0.178 e. The van der Waals surface area contributed by atoms with E-state index >= 15 is 0 Å². The first-order chi connectivity index (χ1) is 13.2. The topological polar surface area (TPSA) is 51.2 Å². The van der Waals surface area contributed by atoms with Crippen LogP contribution in [-0.2, 0) is 0 Å². The molecule has 3 aliphatic rings. The van der Waals surface area contributed by atoms with Crippen molar-refractivity contribution in [3.63, 3.8) is 0 Å². The molecule has 0 unspecified atom stereocenters. The van der Waals surface area contributed by atoms with Crippen LogP contribution in [0.2, 0.25) is 0 Å². The van der Waals surface area contributed by atoms with Gasteiger partial charge in [0.15, 0.2) is 17.3 Å². The number of Topliss-reactive ketones (excluding diaryl/α,β-unsaturated/α-hetero) is 3. The Kier molecular flexibility index (Phi) is 3.68. The molecule has 0 saturated heterocycles. The highest BCUT2D eigenvalue weighted by atomic mass is 16.2. The molecule has 0 radical (unpaired) electrons. The fourth-order valence-corrected chi connectivity index (χ4v) is 5.72. The van der Waals surface area contributed by atoms with Crippen LogP contribution in [0.1, 0.15) is 63.2 Å². The first-order valence-corrected chi connectivity index (χ1v) is 9.95. The number of ketones is 3. The molecule has 136 valence electrons. The summed E-state index contributed by atoms with van der Waals surface area (Å²) >= 11 is 0. The highest BCUT2D eigenvalue weighted by Gasteiger charge is 2.79. The van der Waals surface area contributed by atoms with E-state index in [2.05, 4.69) is 0 Å². The van der Waals surface area contributed by atoms with E-state index in [1.165, 1.54) is 6.42 Å². The number of carbonyl (C=O) groups excluding carboxylic acids is 3. The lowest BCUT2D eigenvalue weighted by Crippen LogP contribution is -2.25. The third-order valence-electron chi connectivity index (χ3n) is 6.93. The minimum Gasteiger partial charge on any atom is -0.294 e. The van der Waals surface area contributed by atoms with Gasteiger partial charge in [0.1, 0.15) is 5.41 Å². The molecule has 3 nitrogen and oxygen atoms in total. The van der Waals surface area contributed by atoms with Gasteiger partial charge in [-0.05, 0) is 11.8 Å². The normalized spacial score (nSPS) is 26.2. The molecule has 27 heavy (non-hydrogen) atoms. The molecular weight excluding hydrogens is 336 g/mol. The Morgan fingerprint density at radius 2 is 1.33 bits per heavy atom. The molecule has 0 aliphatic heterocycles.